The lowest BCUT2D eigenvalue weighted by Gasteiger charge is -2.28. The summed E-state index contributed by atoms with van der Waals surface area (Å²) in [7, 11) is 1.50. The summed E-state index contributed by atoms with van der Waals surface area (Å²) in [6, 6.07) is 15.3. The Balaban J connectivity index is 1.60. The zero-order chi connectivity index (χ0) is 24.0. The van der Waals surface area contributed by atoms with E-state index < -0.39 is 24.0 Å². The van der Waals surface area contributed by atoms with Gasteiger partial charge in [-0.25, -0.2) is 9.59 Å². The van der Waals surface area contributed by atoms with Crippen LogP contribution in [0, 0.1) is 5.92 Å². The van der Waals surface area contributed by atoms with Gasteiger partial charge in [0.2, 0.25) is 5.91 Å². The second kappa shape index (κ2) is 11.0. The average Bonchev–Trinajstić information content (AvgIpc) is 3.13. The molecule has 0 radical (unpaired) electrons. The lowest BCUT2D eigenvalue weighted by atomic mass is 9.98. The van der Waals surface area contributed by atoms with Crippen LogP contribution in [0.3, 0.4) is 0 Å². The molecule has 2 aromatic rings. The minimum atomic E-state index is -1.03. The summed E-state index contributed by atoms with van der Waals surface area (Å²) in [5.74, 6) is -1.87. The molecule has 7 heteroatoms. The van der Waals surface area contributed by atoms with Crippen LogP contribution in [-0.4, -0.2) is 54.2 Å². The number of hydrogen-bond donors (Lipinski definition) is 2. The third-order valence-electron chi connectivity index (χ3n) is 6.31. The zero-order valence-electron chi connectivity index (χ0n) is 19.4. The van der Waals surface area contributed by atoms with Gasteiger partial charge in [0.05, 0.1) is 5.92 Å². The Kier molecular flexibility index (Phi) is 8.09. The van der Waals surface area contributed by atoms with Crippen LogP contribution in [0.1, 0.15) is 50.2 Å². The Morgan fingerprint density at radius 3 is 2.12 bits per heavy atom. The van der Waals surface area contributed by atoms with Gasteiger partial charge in [-0.2, -0.15) is 0 Å². The van der Waals surface area contributed by atoms with Crippen molar-refractivity contribution in [1.29, 1.82) is 0 Å². The van der Waals surface area contributed by atoms with Gasteiger partial charge in [-0.15, -0.1) is 0 Å². The van der Waals surface area contributed by atoms with Gasteiger partial charge in [0, 0.05) is 19.5 Å². The molecule has 0 aromatic heterocycles. The number of amides is 2. The second-order valence-electron chi connectivity index (χ2n) is 8.40. The molecule has 2 aromatic carbocycles. The van der Waals surface area contributed by atoms with Crippen LogP contribution in [0.4, 0.5) is 4.79 Å². The first-order chi connectivity index (χ1) is 15.9. The molecular weight excluding hydrogens is 420 g/mol. The summed E-state index contributed by atoms with van der Waals surface area (Å²) < 4.78 is 5.55. The van der Waals surface area contributed by atoms with Crippen molar-refractivity contribution in [3.8, 4) is 11.1 Å². The SMILES string of the molecule is CCCC(CNC(=O)OCC1c2ccccc2-c2ccccc21)C(=O)N(C)C(CC)C(=O)O. The van der Waals surface area contributed by atoms with Gasteiger partial charge in [-0.3, -0.25) is 4.79 Å². The summed E-state index contributed by atoms with van der Waals surface area (Å²) in [5.41, 5.74) is 4.57. The highest BCUT2D eigenvalue weighted by atomic mass is 16.5. The molecule has 0 spiro atoms. The van der Waals surface area contributed by atoms with Crippen LogP contribution in [0.5, 0.6) is 0 Å². The van der Waals surface area contributed by atoms with Gasteiger partial charge >= 0.3 is 12.1 Å². The molecule has 2 atom stereocenters. The predicted molar refractivity (Wildman–Crippen MR) is 126 cm³/mol. The fourth-order valence-corrected chi connectivity index (χ4v) is 4.57. The maximum atomic E-state index is 12.9. The van der Waals surface area contributed by atoms with E-state index >= 15 is 0 Å². The number of carboxylic acid groups (broad SMARTS) is 1. The fraction of sp³-hybridized carbons (Fsp3) is 0.423. The molecule has 33 heavy (non-hydrogen) atoms. The monoisotopic (exact) mass is 452 g/mol. The van der Waals surface area contributed by atoms with Crippen molar-refractivity contribution in [2.45, 2.75) is 45.1 Å². The standard InChI is InChI=1S/C26H32N2O5/c1-4-10-17(24(29)28(3)23(5-2)25(30)31)15-27-26(32)33-16-22-20-13-8-6-11-18(20)19-12-7-9-14-21(19)22/h6-9,11-14,17,22-23H,4-5,10,15-16H2,1-3H3,(H,27,32)(H,30,31). The van der Waals surface area contributed by atoms with Crippen LogP contribution in [0.2, 0.25) is 0 Å². The van der Waals surface area contributed by atoms with Crippen molar-refractivity contribution >= 4 is 18.0 Å². The highest BCUT2D eigenvalue weighted by molar-refractivity contribution is 5.85. The van der Waals surface area contributed by atoms with Gasteiger partial charge in [0.15, 0.2) is 0 Å². The number of carbonyl (C=O) groups is 3. The van der Waals surface area contributed by atoms with E-state index in [-0.39, 0.29) is 25.0 Å². The van der Waals surface area contributed by atoms with Crippen LogP contribution in [0.25, 0.3) is 11.1 Å². The van der Waals surface area contributed by atoms with Crippen molar-refractivity contribution in [3.05, 3.63) is 59.7 Å². The van der Waals surface area contributed by atoms with Crippen LogP contribution in [0.15, 0.2) is 48.5 Å². The number of benzene rings is 2. The minimum absolute atomic E-state index is 0.0387. The van der Waals surface area contributed by atoms with Crippen molar-refractivity contribution < 1.29 is 24.2 Å². The minimum Gasteiger partial charge on any atom is -0.480 e. The molecule has 0 saturated heterocycles. The van der Waals surface area contributed by atoms with Crippen LogP contribution >= 0.6 is 0 Å². The maximum Gasteiger partial charge on any atom is 0.407 e. The van der Waals surface area contributed by atoms with E-state index in [0.29, 0.717) is 12.8 Å². The summed E-state index contributed by atoms with van der Waals surface area (Å²) >= 11 is 0. The van der Waals surface area contributed by atoms with E-state index in [0.717, 1.165) is 28.7 Å². The van der Waals surface area contributed by atoms with Crippen molar-refractivity contribution in [1.82, 2.24) is 10.2 Å². The molecule has 2 N–H and O–H groups in total. The van der Waals surface area contributed by atoms with E-state index in [1.54, 1.807) is 6.92 Å². The van der Waals surface area contributed by atoms with E-state index in [2.05, 4.69) is 29.6 Å². The van der Waals surface area contributed by atoms with Gasteiger partial charge in [-0.1, -0.05) is 68.8 Å². The molecule has 0 fully saturated rings. The lowest BCUT2D eigenvalue weighted by molar-refractivity contribution is -0.150. The van der Waals surface area contributed by atoms with Gasteiger partial charge in [0.1, 0.15) is 12.6 Å². The summed E-state index contributed by atoms with van der Waals surface area (Å²) in [5, 5.41) is 12.1. The Hall–Kier alpha value is -3.35. The lowest BCUT2D eigenvalue weighted by Crippen LogP contribution is -2.47. The first-order valence-electron chi connectivity index (χ1n) is 11.5. The van der Waals surface area contributed by atoms with Gasteiger partial charge in [-0.05, 0) is 35.1 Å². The number of aliphatic carboxylic acids is 1. The number of nitrogens with zero attached hydrogens (tertiary/aromatic N) is 1. The maximum absolute atomic E-state index is 12.9. The molecule has 1 aliphatic rings. The predicted octanol–water partition coefficient (Wildman–Crippen LogP) is 4.26. The van der Waals surface area contributed by atoms with Gasteiger partial charge in [0.25, 0.3) is 0 Å². The molecule has 7 nitrogen and oxygen atoms in total. The molecule has 2 unspecified atom stereocenters. The molecule has 0 bridgehead atoms. The number of carboxylic acids is 1. The van der Waals surface area contributed by atoms with E-state index in [1.165, 1.54) is 11.9 Å². The first-order valence-corrected chi connectivity index (χ1v) is 11.5. The fourth-order valence-electron chi connectivity index (χ4n) is 4.57. The third kappa shape index (κ3) is 5.35. The Labute approximate surface area is 194 Å². The number of nitrogens with one attached hydrogen (secondary N) is 1. The number of ether oxygens (including phenoxy) is 1. The first kappa shape index (κ1) is 24.3. The smallest absolute Gasteiger partial charge is 0.407 e. The quantitative estimate of drug-likeness (QED) is 0.561. The third-order valence-corrected chi connectivity index (χ3v) is 6.31. The molecule has 0 heterocycles. The largest absolute Gasteiger partial charge is 0.480 e. The number of fused-ring (bicyclic) bond motifs is 3. The van der Waals surface area contributed by atoms with Crippen molar-refractivity contribution in [2.24, 2.45) is 5.92 Å². The van der Waals surface area contributed by atoms with Crippen LogP contribution in [-0.2, 0) is 14.3 Å². The van der Waals surface area contributed by atoms with E-state index in [4.69, 9.17) is 4.74 Å². The average molecular weight is 453 g/mol. The molecule has 1 aliphatic carbocycles. The number of carbonyl (C=O) groups excluding carboxylic acids is 2. The number of rotatable bonds is 10. The molecular formula is C26H32N2O5. The van der Waals surface area contributed by atoms with E-state index in [9.17, 15) is 19.5 Å². The normalized spacial score (nSPS) is 14.0. The number of hydrogen-bond acceptors (Lipinski definition) is 4. The number of likely N-dealkylation sites (N-methyl/N-ethyl adjacent to an activating group) is 1. The molecule has 0 saturated carbocycles. The summed E-state index contributed by atoms with van der Waals surface area (Å²) in [6.45, 7) is 3.97. The van der Waals surface area contributed by atoms with Crippen molar-refractivity contribution in [2.75, 3.05) is 20.2 Å². The highest BCUT2D eigenvalue weighted by Gasteiger charge is 2.31. The topological polar surface area (TPSA) is 95.9 Å². The zero-order valence-corrected chi connectivity index (χ0v) is 19.4. The highest BCUT2D eigenvalue weighted by Crippen LogP contribution is 2.44. The molecule has 2 amide bonds. The Morgan fingerprint density at radius 2 is 1.61 bits per heavy atom. The summed E-state index contributed by atoms with van der Waals surface area (Å²) in [6.07, 6.45) is 1.01. The Morgan fingerprint density at radius 1 is 1.03 bits per heavy atom. The van der Waals surface area contributed by atoms with Crippen LogP contribution < -0.4 is 5.32 Å². The van der Waals surface area contributed by atoms with Crippen molar-refractivity contribution in [3.63, 3.8) is 0 Å². The molecule has 0 aliphatic heterocycles. The van der Waals surface area contributed by atoms with E-state index in [1.807, 2.05) is 31.2 Å². The second-order valence-corrected chi connectivity index (χ2v) is 8.40. The molecule has 3 rings (SSSR count). The van der Waals surface area contributed by atoms with Gasteiger partial charge < -0.3 is 20.1 Å². The molecule has 176 valence electrons. The Bertz CT molecular complexity index is 960. The summed E-state index contributed by atoms with van der Waals surface area (Å²) in [4.78, 5) is 38.0. The number of alkyl carbamates (subject to hydrolysis) is 1.